The summed E-state index contributed by atoms with van der Waals surface area (Å²) in [6.07, 6.45) is 11.0. The van der Waals surface area contributed by atoms with Crippen LogP contribution in [0.25, 0.3) is 0 Å². The Morgan fingerprint density at radius 1 is 1.27 bits per heavy atom. The van der Waals surface area contributed by atoms with E-state index in [1.807, 2.05) is 18.0 Å². The molecule has 0 spiro atoms. The number of aromatic nitrogens is 2. The van der Waals surface area contributed by atoms with E-state index < -0.39 is 9.84 Å². The third-order valence-electron chi connectivity index (χ3n) is 6.49. The zero-order valence-corrected chi connectivity index (χ0v) is 16.3. The smallest absolute Gasteiger partial charge is 0.226 e. The van der Waals surface area contributed by atoms with Crippen molar-refractivity contribution >= 4 is 15.7 Å². The van der Waals surface area contributed by atoms with Gasteiger partial charge in [0.25, 0.3) is 0 Å². The molecular weight excluding hydrogens is 350 g/mol. The van der Waals surface area contributed by atoms with E-state index in [1.54, 1.807) is 10.9 Å². The van der Waals surface area contributed by atoms with E-state index in [-0.39, 0.29) is 29.4 Å². The topological polar surface area (TPSA) is 72.3 Å². The second-order valence-electron chi connectivity index (χ2n) is 8.20. The Balaban J connectivity index is 1.50. The average Bonchev–Trinajstić information content (AvgIpc) is 3.30. The predicted molar refractivity (Wildman–Crippen MR) is 99.2 cm³/mol. The number of sulfone groups is 1. The lowest BCUT2D eigenvalue weighted by Crippen LogP contribution is -2.47. The summed E-state index contributed by atoms with van der Waals surface area (Å²) >= 11 is 0. The molecule has 1 aliphatic heterocycles. The molecule has 3 atom stereocenters. The van der Waals surface area contributed by atoms with Gasteiger partial charge in [-0.1, -0.05) is 32.1 Å². The van der Waals surface area contributed by atoms with Crippen LogP contribution in [0.1, 0.15) is 57.1 Å². The van der Waals surface area contributed by atoms with Gasteiger partial charge in [0.05, 0.1) is 23.7 Å². The Kier molecular flexibility index (Phi) is 4.84. The minimum absolute atomic E-state index is 0.0228. The summed E-state index contributed by atoms with van der Waals surface area (Å²) in [5.41, 5.74) is 0.846. The van der Waals surface area contributed by atoms with Gasteiger partial charge in [0.15, 0.2) is 9.84 Å². The molecule has 1 amide bonds. The number of carbonyl (C=O) groups excluding carboxylic acids is 1. The van der Waals surface area contributed by atoms with Crippen LogP contribution in [0.2, 0.25) is 0 Å². The van der Waals surface area contributed by atoms with Crippen LogP contribution in [0.4, 0.5) is 0 Å². The van der Waals surface area contributed by atoms with Crippen molar-refractivity contribution in [3.05, 3.63) is 18.0 Å². The molecule has 1 aromatic heterocycles. The van der Waals surface area contributed by atoms with Crippen LogP contribution in [0.5, 0.6) is 0 Å². The maximum atomic E-state index is 13.2. The number of nitrogens with zero attached hydrogens (tertiary/aromatic N) is 3. The molecule has 2 aliphatic carbocycles. The molecule has 0 bridgehead atoms. The molecule has 4 rings (SSSR count). The third kappa shape index (κ3) is 3.55. The zero-order chi connectivity index (χ0) is 18.3. The van der Waals surface area contributed by atoms with Gasteiger partial charge in [-0.15, -0.1) is 0 Å². The highest BCUT2D eigenvalue weighted by Gasteiger charge is 2.50. The maximum Gasteiger partial charge on any atom is 0.226 e. The third-order valence-corrected chi connectivity index (χ3v) is 8.12. The van der Waals surface area contributed by atoms with Crippen LogP contribution >= 0.6 is 0 Å². The Morgan fingerprint density at radius 2 is 2.04 bits per heavy atom. The van der Waals surface area contributed by atoms with E-state index in [2.05, 4.69) is 5.10 Å². The lowest BCUT2D eigenvalue weighted by Gasteiger charge is -2.35. The number of aryl methyl sites for hydroxylation is 1. The summed E-state index contributed by atoms with van der Waals surface area (Å²) in [6, 6.07) is -0.380. The monoisotopic (exact) mass is 379 g/mol. The highest BCUT2D eigenvalue weighted by atomic mass is 32.2. The van der Waals surface area contributed by atoms with Gasteiger partial charge in [0, 0.05) is 30.8 Å². The molecule has 0 aromatic carbocycles. The first-order valence-electron chi connectivity index (χ1n) is 10.0. The van der Waals surface area contributed by atoms with E-state index >= 15 is 0 Å². The van der Waals surface area contributed by atoms with Crippen molar-refractivity contribution in [1.29, 1.82) is 0 Å². The van der Waals surface area contributed by atoms with E-state index in [4.69, 9.17) is 0 Å². The number of rotatable bonds is 4. The van der Waals surface area contributed by atoms with Crippen LogP contribution in [0.15, 0.2) is 12.4 Å². The molecule has 7 heteroatoms. The Bertz CT molecular complexity index is 767. The number of amides is 1. The van der Waals surface area contributed by atoms with Gasteiger partial charge >= 0.3 is 0 Å². The molecule has 3 fully saturated rings. The minimum Gasteiger partial charge on any atom is -0.333 e. The van der Waals surface area contributed by atoms with E-state index in [0.29, 0.717) is 18.4 Å². The fraction of sp³-hybridized carbons (Fsp3) is 0.789. The molecule has 1 saturated heterocycles. The van der Waals surface area contributed by atoms with Crippen molar-refractivity contribution in [3.63, 3.8) is 0 Å². The minimum atomic E-state index is -3.11. The Hall–Kier alpha value is -1.37. The van der Waals surface area contributed by atoms with Crippen molar-refractivity contribution < 1.29 is 13.2 Å². The SMILES string of the molecule is CCn1cc(C2CS(=O)(=O)CCN2C(=O)C2CC2C2CCCCC2)cn1. The molecule has 3 aliphatic rings. The quantitative estimate of drug-likeness (QED) is 0.805. The highest BCUT2D eigenvalue weighted by molar-refractivity contribution is 7.91. The lowest BCUT2D eigenvalue weighted by molar-refractivity contribution is -0.135. The van der Waals surface area contributed by atoms with Gasteiger partial charge in [-0.3, -0.25) is 9.48 Å². The predicted octanol–water partition coefficient (Wildman–Crippen LogP) is 2.42. The lowest BCUT2D eigenvalue weighted by atomic mass is 9.85. The van der Waals surface area contributed by atoms with Gasteiger partial charge in [-0.25, -0.2) is 8.42 Å². The van der Waals surface area contributed by atoms with Crippen LogP contribution in [0, 0.1) is 17.8 Å². The molecule has 0 radical (unpaired) electrons. The summed E-state index contributed by atoms with van der Waals surface area (Å²) < 4.78 is 26.2. The summed E-state index contributed by atoms with van der Waals surface area (Å²) in [4.78, 5) is 15.0. The van der Waals surface area contributed by atoms with Gasteiger partial charge in [-0.2, -0.15) is 5.10 Å². The van der Waals surface area contributed by atoms with Crippen molar-refractivity contribution in [3.8, 4) is 0 Å². The molecule has 2 heterocycles. The first-order chi connectivity index (χ1) is 12.5. The van der Waals surface area contributed by atoms with Crippen molar-refractivity contribution in [2.45, 2.75) is 58.0 Å². The number of hydrogen-bond donors (Lipinski definition) is 0. The van der Waals surface area contributed by atoms with Crippen LogP contribution in [-0.4, -0.2) is 47.1 Å². The highest BCUT2D eigenvalue weighted by Crippen LogP contribution is 2.51. The van der Waals surface area contributed by atoms with Gasteiger partial charge in [-0.05, 0) is 25.2 Å². The Labute approximate surface area is 155 Å². The van der Waals surface area contributed by atoms with Gasteiger partial charge in [0.2, 0.25) is 5.91 Å². The van der Waals surface area contributed by atoms with Crippen molar-refractivity contribution in [2.24, 2.45) is 17.8 Å². The zero-order valence-electron chi connectivity index (χ0n) is 15.5. The van der Waals surface area contributed by atoms with Crippen molar-refractivity contribution in [1.82, 2.24) is 14.7 Å². The fourth-order valence-electron chi connectivity index (χ4n) is 4.87. The average molecular weight is 380 g/mol. The first kappa shape index (κ1) is 18.0. The first-order valence-corrected chi connectivity index (χ1v) is 11.8. The molecule has 1 aromatic rings. The van der Waals surface area contributed by atoms with Crippen molar-refractivity contribution in [2.75, 3.05) is 18.1 Å². The largest absolute Gasteiger partial charge is 0.333 e. The summed E-state index contributed by atoms with van der Waals surface area (Å²) in [6.45, 7) is 3.05. The van der Waals surface area contributed by atoms with E-state index in [1.165, 1.54) is 32.1 Å². The molecule has 6 nitrogen and oxygen atoms in total. The summed E-state index contributed by atoms with van der Waals surface area (Å²) in [5.74, 6) is 1.62. The number of hydrogen-bond acceptors (Lipinski definition) is 4. The molecular formula is C19H29N3O3S. The van der Waals surface area contributed by atoms with E-state index in [9.17, 15) is 13.2 Å². The number of carbonyl (C=O) groups is 1. The molecule has 0 N–H and O–H groups in total. The Morgan fingerprint density at radius 3 is 2.73 bits per heavy atom. The molecule has 2 saturated carbocycles. The fourth-order valence-corrected chi connectivity index (χ4v) is 6.36. The molecule has 144 valence electrons. The standard InChI is InChI=1S/C19H29N3O3S/c1-2-21-12-15(11-20-21)18-13-26(24,25)9-8-22(18)19(23)17-10-16(17)14-6-4-3-5-7-14/h11-12,14,16-18H,2-10,13H2,1H3. The van der Waals surface area contributed by atoms with Crippen LogP contribution < -0.4 is 0 Å². The van der Waals surface area contributed by atoms with Crippen LogP contribution in [-0.2, 0) is 21.2 Å². The normalized spacial score (nSPS) is 31.7. The van der Waals surface area contributed by atoms with Gasteiger partial charge in [0.1, 0.15) is 0 Å². The second kappa shape index (κ2) is 6.98. The van der Waals surface area contributed by atoms with E-state index in [0.717, 1.165) is 18.5 Å². The molecule has 3 unspecified atom stereocenters. The van der Waals surface area contributed by atoms with Crippen LogP contribution in [0.3, 0.4) is 0 Å². The second-order valence-corrected chi connectivity index (χ2v) is 10.4. The molecule has 26 heavy (non-hydrogen) atoms. The maximum absolute atomic E-state index is 13.2. The summed E-state index contributed by atoms with van der Waals surface area (Å²) in [7, 11) is -3.11. The van der Waals surface area contributed by atoms with Gasteiger partial charge < -0.3 is 4.90 Å². The summed E-state index contributed by atoms with van der Waals surface area (Å²) in [5, 5.41) is 4.28.